The van der Waals surface area contributed by atoms with Crippen molar-refractivity contribution in [3.05, 3.63) is 54.9 Å². The number of nitrogens with zero attached hydrogens (tertiary/aromatic N) is 4. The molecule has 0 atom stereocenters. The van der Waals surface area contributed by atoms with Gasteiger partial charge in [0.2, 0.25) is 5.95 Å². The van der Waals surface area contributed by atoms with E-state index in [2.05, 4.69) is 36.0 Å². The topological polar surface area (TPSA) is 132 Å². The third-order valence-electron chi connectivity index (χ3n) is 4.25. The Morgan fingerprint density at radius 2 is 1.71 bits per heavy atom. The molecule has 0 spiro atoms. The molecule has 31 heavy (non-hydrogen) atoms. The molecule has 0 fully saturated rings. The predicted octanol–water partition coefficient (Wildman–Crippen LogP) is 2.59. The summed E-state index contributed by atoms with van der Waals surface area (Å²) in [5, 5.41) is 3.25. The molecule has 0 saturated heterocycles. The maximum absolute atomic E-state index is 11.2. The van der Waals surface area contributed by atoms with Crippen LogP contribution in [0.4, 0.5) is 17.5 Å². The van der Waals surface area contributed by atoms with Crippen molar-refractivity contribution >= 4 is 27.6 Å². The van der Waals surface area contributed by atoms with Crippen LogP contribution in [-0.2, 0) is 10.1 Å². The molecule has 164 valence electrons. The number of rotatable bonds is 10. The first-order chi connectivity index (χ1) is 14.8. The number of hydrazine groups is 1. The Morgan fingerprint density at radius 1 is 1.00 bits per heavy atom. The first-order valence-corrected chi connectivity index (χ1v) is 11.0. The molecule has 0 radical (unpaired) electrons. The van der Waals surface area contributed by atoms with Crippen molar-refractivity contribution in [3.8, 4) is 11.3 Å². The van der Waals surface area contributed by atoms with Crippen LogP contribution in [0.2, 0.25) is 0 Å². The van der Waals surface area contributed by atoms with Crippen LogP contribution in [0, 0.1) is 0 Å². The van der Waals surface area contributed by atoms with E-state index in [1.165, 1.54) is 24.3 Å². The first-order valence-electron chi connectivity index (χ1n) is 9.59. The smallest absolute Gasteiger partial charge is 0.294 e. The van der Waals surface area contributed by atoms with Crippen molar-refractivity contribution in [3.63, 3.8) is 0 Å². The molecule has 11 heteroatoms. The monoisotopic (exact) mass is 443 g/mol. The van der Waals surface area contributed by atoms with E-state index >= 15 is 0 Å². The molecule has 0 aliphatic carbocycles. The first kappa shape index (κ1) is 22.4. The zero-order chi connectivity index (χ0) is 22.3. The van der Waals surface area contributed by atoms with Crippen molar-refractivity contribution in [2.45, 2.75) is 11.3 Å². The third-order valence-corrected chi connectivity index (χ3v) is 5.12. The van der Waals surface area contributed by atoms with Crippen LogP contribution in [-0.4, -0.2) is 60.0 Å². The van der Waals surface area contributed by atoms with Gasteiger partial charge in [-0.05, 0) is 63.5 Å². The van der Waals surface area contributed by atoms with Crippen LogP contribution in [0.1, 0.15) is 6.42 Å². The van der Waals surface area contributed by atoms with E-state index in [4.69, 9.17) is 4.55 Å². The molecule has 0 aliphatic rings. The molecule has 2 aromatic heterocycles. The zero-order valence-electron chi connectivity index (χ0n) is 17.3. The van der Waals surface area contributed by atoms with Crippen molar-refractivity contribution in [2.24, 2.45) is 0 Å². The number of pyridine rings is 1. The summed E-state index contributed by atoms with van der Waals surface area (Å²) in [5.74, 6) is 1.01. The summed E-state index contributed by atoms with van der Waals surface area (Å²) < 4.78 is 31.4. The standard InChI is InChI=1S/C20H25N7O3S/c1-27(2)13-3-10-22-20-23-18(15-8-11-21-12-9-15)14-19(24-20)26-25-16-4-6-17(7-5-16)31(28,29)30/h4-9,11-12,14,25H,3,10,13H2,1-2H3,(H,28,29,30)(H2,22,23,24,26). The normalized spacial score (nSPS) is 11.4. The highest BCUT2D eigenvalue weighted by atomic mass is 32.2. The van der Waals surface area contributed by atoms with Gasteiger partial charge in [-0.2, -0.15) is 13.4 Å². The van der Waals surface area contributed by atoms with Gasteiger partial charge in [-0.3, -0.25) is 20.4 Å². The second-order valence-corrected chi connectivity index (χ2v) is 8.45. The summed E-state index contributed by atoms with van der Waals surface area (Å²) in [7, 11) is -0.181. The number of aromatic nitrogens is 3. The summed E-state index contributed by atoms with van der Waals surface area (Å²) in [5.41, 5.74) is 8.18. The molecule has 0 saturated carbocycles. The molecule has 0 bridgehead atoms. The van der Waals surface area contributed by atoms with E-state index < -0.39 is 10.1 Å². The molecule has 0 aliphatic heterocycles. The SMILES string of the molecule is CN(C)CCCNc1nc(NNc2ccc(S(=O)(=O)O)cc2)cc(-c2ccncc2)n1. The van der Waals surface area contributed by atoms with Gasteiger partial charge in [-0.25, -0.2) is 4.98 Å². The van der Waals surface area contributed by atoms with Crippen molar-refractivity contribution in [1.82, 2.24) is 19.9 Å². The zero-order valence-corrected chi connectivity index (χ0v) is 18.1. The number of hydrogen-bond donors (Lipinski definition) is 4. The van der Waals surface area contributed by atoms with E-state index in [1.54, 1.807) is 18.5 Å². The molecule has 4 N–H and O–H groups in total. The Bertz CT molecular complexity index is 1090. The fourth-order valence-electron chi connectivity index (χ4n) is 2.70. The highest BCUT2D eigenvalue weighted by molar-refractivity contribution is 7.85. The Morgan fingerprint density at radius 3 is 2.35 bits per heavy atom. The van der Waals surface area contributed by atoms with Crippen LogP contribution in [0.25, 0.3) is 11.3 Å². The van der Waals surface area contributed by atoms with Crippen LogP contribution < -0.4 is 16.2 Å². The Kier molecular flexibility index (Phi) is 7.34. The molecular formula is C20H25N7O3S. The highest BCUT2D eigenvalue weighted by Gasteiger charge is 2.09. The highest BCUT2D eigenvalue weighted by Crippen LogP contribution is 2.21. The summed E-state index contributed by atoms with van der Waals surface area (Å²) in [6, 6.07) is 11.2. The average Bonchev–Trinajstić information content (AvgIpc) is 2.75. The molecule has 3 rings (SSSR count). The largest absolute Gasteiger partial charge is 0.354 e. The second kappa shape index (κ2) is 10.2. The van der Waals surface area contributed by atoms with Gasteiger partial charge in [0.1, 0.15) is 0 Å². The Balaban J connectivity index is 1.75. The van der Waals surface area contributed by atoms with Gasteiger partial charge in [0.05, 0.1) is 16.3 Å². The van der Waals surface area contributed by atoms with Gasteiger partial charge in [0.15, 0.2) is 5.82 Å². The van der Waals surface area contributed by atoms with E-state index in [0.717, 1.165) is 30.8 Å². The Labute approximate surface area is 181 Å². The van der Waals surface area contributed by atoms with Gasteiger partial charge in [0.25, 0.3) is 10.1 Å². The molecule has 0 amide bonds. The average molecular weight is 444 g/mol. The van der Waals surface area contributed by atoms with Crippen LogP contribution >= 0.6 is 0 Å². The van der Waals surface area contributed by atoms with Crippen LogP contribution in [0.15, 0.2) is 59.8 Å². The van der Waals surface area contributed by atoms with Gasteiger partial charge in [0, 0.05) is 30.6 Å². The van der Waals surface area contributed by atoms with Crippen molar-refractivity contribution in [2.75, 3.05) is 43.4 Å². The summed E-state index contributed by atoms with van der Waals surface area (Å²) >= 11 is 0. The summed E-state index contributed by atoms with van der Waals surface area (Å²) in [4.78, 5) is 15.1. The van der Waals surface area contributed by atoms with Crippen LogP contribution in [0.5, 0.6) is 0 Å². The molecule has 10 nitrogen and oxygen atoms in total. The lowest BCUT2D eigenvalue weighted by Crippen LogP contribution is -2.17. The van der Waals surface area contributed by atoms with Gasteiger partial charge in [-0.1, -0.05) is 0 Å². The van der Waals surface area contributed by atoms with E-state index in [1.807, 2.05) is 26.2 Å². The van der Waals surface area contributed by atoms with Gasteiger partial charge < -0.3 is 10.2 Å². The minimum atomic E-state index is -4.23. The maximum atomic E-state index is 11.2. The maximum Gasteiger partial charge on any atom is 0.294 e. The minimum Gasteiger partial charge on any atom is -0.354 e. The lowest BCUT2D eigenvalue weighted by molar-refractivity contribution is 0.405. The van der Waals surface area contributed by atoms with Crippen LogP contribution in [0.3, 0.4) is 0 Å². The third kappa shape index (κ3) is 6.88. The molecule has 2 heterocycles. The predicted molar refractivity (Wildman–Crippen MR) is 120 cm³/mol. The number of hydrogen-bond acceptors (Lipinski definition) is 9. The molecular weight excluding hydrogens is 418 g/mol. The lowest BCUT2D eigenvalue weighted by Gasteiger charge is -2.14. The fourth-order valence-corrected chi connectivity index (χ4v) is 3.18. The molecule has 0 unspecified atom stereocenters. The minimum absolute atomic E-state index is 0.177. The quantitative estimate of drug-likeness (QED) is 0.210. The number of anilines is 3. The van der Waals surface area contributed by atoms with E-state index in [0.29, 0.717) is 17.5 Å². The lowest BCUT2D eigenvalue weighted by atomic mass is 10.2. The van der Waals surface area contributed by atoms with E-state index in [9.17, 15) is 8.42 Å². The number of benzene rings is 1. The second-order valence-electron chi connectivity index (χ2n) is 7.03. The van der Waals surface area contributed by atoms with Gasteiger partial charge in [-0.15, -0.1) is 0 Å². The molecule has 3 aromatic rings. The summed E-state index contributed by atoms with van der Waals surface area (Å²) in [6.45, 7) is 1.67. The fraction of sp³-hybridized carbons (Fsp3) is 0.250. The van der Waals surface area contributed by atoms with E-state index in [-0.39, 0.29) is 4.90 Å². The Hall–Kier alpha value is -3.28. The van der Waals surface area contributed by atoms with Gasteiger partial charge >= 0.3 is 0 Å². The number of nitrogens with one attached hydrogen (secondary N) is 3. The van der Waals surface area contributed by atoms with Crippen molar-refractivity contribution < 1.29 is 13.0 Å². The van der Waals surface area contributed by atoms with Crippen molar-refractivity contribution in [1.29, 1.82) is 0 Å². The summed E-state index contributed by atoms with van der Waals surface area (Å²) in [6.07, 6.45) is 4.34. The molecule has 1 aromatic carbocycles.